The molecule has 0 saturated carbocycles. The Hall–Kier alpha value is -5.29. The molecule has 1 aliphatic rings. The van der Waals surface area contributed by atoms with Gasteiger partial charge < -0.3 is 9.15 Å². The van der Waals surface area contributed by atoms with Gasteiger partial charge in [0.15, 0.2) is 0 Å². The lowest BCUT2D eigenvalue weighted by Crippen LogP contribution is -2.08. The van der Waals surface area contributed by atoms with Crippen LogP contribution in [0.2, 0.25) is 0 Å². The Labute approximate surface area is 274 Å². The van der Waals surface area contributed by atoms with Crippen molar-refractivity contribution in [3.63, 3.8) is 0 Å². The van der Waals surface area contributed by atoms with E-state index in [1.807, 2.05) is 117 Å². The number of nitrogens with zero attached hydrogens (tertiary/aromatic N) is 2. The summed E-state index contributed by atoms with van der Waals surface area (Å²) in [5.74, 6) is 1.23. The molecular weight excluding hydrogens is 566 g/mol. The molecule has 0 amide bonds. The molecule has 0 unspecified atom stereocenters. The zero-order valence-corrected chi connectivity index (χ0v) is 27.4. The van der Waals surface area contributed by atoms with Crippen LogP contribution in [0.4, 0.5) is 0 Å². The molecule has 0 fully saturated rings. The SMILES string of the molecule is C=C(OC(=N)c1ccccc1-c1ccccc1)C1=CC=CCC1.CC.CCCC.c1ccc(-c2ccccc2-c2nnco2)cc1. The lowest BCUT2D eigenvalue weighted by molar-refractivity contribution is 0.422. The Kier molecular flexibility index (Phi) is 15.2. The average molecular weight is 612 g/mol. The van der Waals surface area contributed by atoms with Gasteiger partial charge in [-0.15, -0.1) is 10.2 Å². The summed E-state index contributed by atoms with van der Waals surface area (Å²) < 4.78 is 11.0. The molecule has 1 aliphatic carbocycles. The second-order valence-corrected chi connectivity index (χ2v) is 10.1. The molecule has 4 aromatic carbocycles. The number of ether oxygens (including phenoxy) is 1. The van der Waals surface area contributed by atoms with Crippen LogP contribution >= 0.6 is 0 Å². The van der Waals surface area contributed by atoms with Crippen LogP contribution in [0.15, 0.2) is 156 Å². The van der Waals surface area contributed by atoms with Crippen LogP contribution in [-0.4, -0.2) is 16.1 Å². The Morgan fingerprint density at radius 3 is 1.85 bits per heavy atom. The predicted molar refractivity (Wildman–Crippen MR) is 192 cm³/mol. The maximum absolute atomic E-state index is 8.34. The van der Waals surface area contributed by atoms with E-state index >= 15 is 0 Å². The van der Waals surface area contributed by atoms with Crippen molar-refractivity contribution in [3.8, 4) is 33.7 Å². The van der Waals surface area contributed by atoms with Crippen molar-refractivity contribution in [3.05, 3.63) is 157 Å². The first-order valence-electron chi connectivity index (χ1n) is 16.0. The number of rotatable bonds is 7. The second-order valence-electron chi connectivity index (χ2n) is 10.1. The van der Waals surface area contributed by atoms with Crippen LogP contribution in [0.25, 0.3) is 33.7 Å². The molecule has 1 aromatic heterocycles. The van der Waals surface area contributed by atoms with Crippen molar-refractivity contribution in [2.45, 2.75) is 53.4 Å². The predicted octanol–water partition coefficient (Wildman–Crippen LogP) is 11.7. The van der Waals surface area contributed by atoms with Crippen molar-refractivity contribution in [2.75, 3.05) is 0 Å². The van der Waals surface area contributed by atoms with E-state index in [-0.39, 0.29) is 5.90 Å². The summed E-state index contributed by atoms with van der Waals surface area (Å²) in [6.45, 7) is 12.3. The average Bonchev–Trinajstić information content (AvgIpc) is 3.69. The van der Waals surface area contributed by atoms with Crippen molar-refractivity contribution >= 4 is 5.90 Å². The van der Waals surface area contributed by atoms with Gasteiger partial charge in [0.25, 0.3) is 0 Å². The maximum atomic E-state index is 8.34. The van der Waals surface area contributed by atoms with Gasteiger partial charge in [-0.05, 0) is 52.8 Å². The standard InChI is InChI=1S/C21H19NO.C14H10N2O.C4H10.C2H6/c1-16(17-10-4-2-5-11-17)23-21(22)20-15-9-8-14-19(20)18-12-6-3-7-13-18;1-2-6-11(7-3-1)12-8-4-5-9-13(12)14-16-15-10-17-14;1-3-4-2;1-2/h2-4,6-10,12-15,22H,1,5,11H2;1-10H;3-4H2,1-2H3;1-2H3. The molecular formula is C41H45N3O2. The second kappa shape index (κ2) is 19.9. The quantitative estimate of drug-likeness (QED) is 0.113. The van der Waals surface area contributed by atoms with Crippen LogP contribution in [0.3, 0.4) is 0 Å². The number of allylic oxidation sites excluding steroid dienone is 4. The summed E-state index contributed by atoms with van der Waals surface area (Å²) >= 11 is 0. The first-order valence-corrected chi connectivity index (χ1v) is 16.0. The molecule has 0 saturated heterocycles. The smallest absolute Gasteiger partial charge is 0.248 e. The van der Waals surface area contributed by atoms with Crippen molar-refractivity contribution in [1.29, 1.82) is 5.41 Å². The Morgan fingerprint density at radius 1 is 0.761 bits per heavy atom. The zero-order valence-electron chi connectivity index (χ0n) is 27.4. The van der Waals surface area contributed by atoms with Gasteiger partial charge in [0.05, 0.1) is 0 Å². The highest BCUT2D eigenvalue weighted by Gasteiger charge is 2.14. The fourth-order valence-electron chi connectivity index (χ4n) is 4.46. The number of nitrogens with one attached hydrogen (secondary N) is 1. The Balaban J connectivity index is 0.000000220. The monoisotopic (exact) mass is 611 g/mol. The molecule has 0 atom stereocenters. The van der Waals surface area contributed by atoms with Gasteiger partial charge in [-0.25, -0.2) is 0 Å². The summed E-state index contributed by atoms with van der Waals surface area (Å²) in [7, 11) is 0. The molecule has 46 heavy (non-hydrogen) atoms. The molecule has 0 spiro atoms. The third kappa shape index (κ3) is 10.4. The summed E-state index contributed by atoms with van der Waals surface area (Å²) in [6.07, 6.45) is 12.0. The molecule has 5 heteroatoms. The lowest BCUT2D eigenvalue weighted by atomic mass is 9.99. The molecule has 0 aliphatic heterocycles. The molecule has 0 bridgehead atoms. The van der Waals surface area contributed by atoms with Gasteiger partial charge >= 0.3 is 0 Å². The Bertz CT molecular complexity index is 1670. The van der Waals surface area contributed by atoms with Crippen LogP contribution in [-0.2, 0) is 4.74 Å². The highest BCUT2D eigenvalue weighted by molar-refractivity contribution is 5.99. The highest BCUT2D eigenvalue weighted by Crippen LogP contribution is 2.30. The lowest BCUT2D eigenvalue weighted by Gasteiger charge is -2.16. The van der Waals surface area contributed by atoms with Gasteiger partial charge in [0, 0.05) is 11.1 Å². The van der Waals surface area contributed by atoms with E-state index in [0.717, 1.165) is 51.8 Å². The molecule has 1 heterocycles. The molecule has 5 nitrogen and oxygen atoms in total. The normalized spacial score (nSPS) is 11.3. The highest BCUT2D eigenvalue weighted by atomic mass is 16.5. The summed E-state index contributed by atoms with van der Waals surface area (Å²) in [5, 5.41) is 16.0. The van der Waals surface area contributed by atoms with E-state index in [4.69, 9.17) is 14.6 Å². The third-order valence-electron chi connectivity index (χ3n) is 6.96. The van der Waals surface area contributed by atoms with Crippen molar-refractivity contribution < 1.29 is 9.15 Å². The first kappa shape index (κ1) is 35.2. The minimum Gasteiger partial charge on any atom is -0.439 e. The maximum Gasteiger partial charge on any atom is 0.248 e. The fraction of sp³-hybridized carbons (Fsp3) is 0.195. The summed E-state index contributed by atoms with van der Waals surface area (Å²) in [6, 6.07) is 36.0. The Morgan fingerprint density at radius 2 is 1.30 bits per heavy atom. The van der Waals surface area contributed by atoms with Crippen LogP contribution in [0.5, 0.6) is 0 Å². The molecule has 5 aromatic rings. The molecule has 1 N–H and O–H groups in total. The largest absolute Gasteiger partial charge is 0.439 e. The van der Waals surface area contributed by atoms with E-state index in [0.29, 0.717) is 11.6 Å². The number of hydrogen-bond donors (Lipinski definition) is 1. The molecule has 6 rings (SSSR count). The van der Waals surface area contributed by atoms with Crippen molar-refractivity contribution in [1.82, 2.24) is 10.2 Å². The minimum absolute atomic E-state index is 0.130. The molecule has 236 valence electrons. The van der Waals surface area contributed by atoms with Gasteiger partial charge in [-0.2, -0.15) is 0 Å². The fourth-order valence-corrected chi connectivity index (χ4v) is 4.46. The summed E-state index contributed by atoms with van der Waals surface area (Å²) in [4.78, 5) is 0. The van der Waals surface area contributed by atoms with Gasteiger partial charge in [0.1, 0.15) is 5.76 Å². The van der Waals surface area contributed by atoms with Crippen LogP contribution in [0, 0.1) is 5.41 Å². The van der Waals surface area contributed by atoms with Gasteiger partial charge in [-0.3, -0.25) is 5.41 Å². The summed E-state index contributed by atoms with van der Waals surface area (Å²) in [5.41, 5.74) is 7.07. The number of benzene rings is 4. The number of unbranched alkanes of at least 4 members (excludes halogenated alkanes) is 1. The van der Waals surface area contributed by atoms with E-state index < -0.39 is 0 Å². The van der Waals surface area contributed by atoms with E-state index in [9.17, 15) is 0 Å². The van der Waals surface area contributed by atoms with Gasteiger partial charge in [0.2, 0.25) is 18.2 Å². The number of aromatic nitrogens is 2. The van der Waals surface area contributed by atoms with E-state index in [2.05, 4.69) is 54.9 Å². The van der Waals surface area contributed by atoms with Crippen LogP contribution in [0.1, 0.15) is 58.9 Å². The van der Waals surface area contributed by atoms with E-state index in [1.54, 1.807) is 0 Å². The van der Waals surface area contributed by atoms with E-state index in [1.165, 1.54) is 19.2 Å². The zero-order chi connectivity index (χ0) is 33.0. The third-order valence-corrected chi connectivity index (χ3v) is 6.96. The van der Waals surface area contributed by atoms with Crippen molar-refractivity contribution in [2.24, 2.45) is 0 Å². The minimum atomic E-state index is 0.130. The first-order chi connectivity index (χ1) is 22.6. The number of hydrogen-bond acceptors (Lipinski definition) is 5. The topological polar surface area (TPSA) is 72.0 Å². The van der Waals surface area contributed by atoms with Gasteiger partial charge in [-0.1, -0.05) is 162 Å². The van der Waals surface area contributed by atoms with Crippen LogP contribution < -0.4 is 0 Å². The molecule has 0 radical (unpaired) electrons.